The third-order valence-corrected chi connectivity index (χ3v) is 3.33. The minimum absolute atomic E-state index is 0.819. The van der Waals surface area contributed by atoms with Crippen LogP contribution in [-0.4, -0.2) is 16.5 Å². The van der Waals surface area contributed by atoms with Crippen LogP contribution in [0.15, 0.2) is 47.8 Å². The molecule has 0 aliphatic rings. The number of nitrogens with one attached hydrogen (secondary N) is 1. The summed E-state index contributed by atoms with van der Waals surface area (Å²) in [5, 5.41) is 4.09. The quantitative estimate of drug-likeness (QED) is 0.635. The highest BCUT2D eigenvalue weighted by Crippen LogP contribution is 2.19. The summed E-state index contributed by atoms with van der Waals surface area (Å²) in [6.07, 6.45) is 2.90. The van der Waals surface area contributed by atoms with Gasteiger partial charge in [0.05, 0.1) is 0 Å². The van der Waals surface area contributed by atoms with E-state index in [0.717, 1.165) is 29.7 Å². The zero-order valence-corrected chi connectivity index (χ0v) is 11.3. The summed E-state index contributed by atoms with van der Waals surface area (Å²) in [4.78, 5) is 8.74. The van der Waals surface area contributed by atoms with E-state index in [9.17, 15) is 0 Å². The summed E-state index contributed by atoms with van der Waals surface area (Å²) < 4.78 is 0. The maximum atomic E-state index is 4.47. The van der Waals surface area contributed by atoms with Crippen molar-refractivity contribution < 1.29 is 0 Å². The van der Waals surface area contributed by atoms with E-state index in [0.29, 0.717) is 0 Å². The molecule has 1 aromatic heterocycles. The Kier molecular flexibility index (Phi) is 5.02. The van der Waals surface area contributed by atoms with Gasteiger partial charge >= 0.3 is 0 Å². The van der Waals surface area contributed by atoms with E-state index in [1.807, 2.05) is 12.1 Å². The fourth-order valence-electron chi connectivity index (χ4n) is 1.48. The van der Waals surface area contributed by atoms with Gasteiger partial charge in [-0.2, -0.15) is 0 Å². The average Bonchev–Trinajstić information content (AvgIpc) is 2.44. The molecule has 0 spiro atoms. The summed E-state index contributed by atoms with van der Waals surface area (Å²) in [6.45, 7) is 3.08. The van der Waals surface area contributed by atoms with Gasteiger partial charge in [0, 0.05) is 18.5 Å². The zero-order valence-electron chi connectivity index (χ0n) is 10.5. The largest absolute Gasteiger partial charge is 0.370 e. The van der Waals surface area contributed by atoms with E-state index in [2.05, 4.69) is 46.5 Å². The molecule has 0 bridgehead atoms. The number of rotatable bonds is 6. The van der Waals surface area contributed by atoms with Gasteiger partial charge < -0.3 is 5.32 Å². The molecule has 1 N–H and O–H groups in total. The Labute approximate surface area is 112 Å². The van der Waals surface area contributed by atoms with E-state index < -0.39 is 0 Å². The molecule has 3 nitrogen and oxygen atoms in total. The molecule has 1 aromatic carbocycles. The van der Waals surface area contributed by atoms with E-state index in [-0.39, 0.29) is 0 Å². The van der Waals surface area contributed by atoms with Gasteiger partial charge in [0.1, 0.15) is 5.82 Å². The summed E-state index contributed by atoms with van der Waals surface area (Å²) in [6, 6.07) is 12.3. The van der Waals surface area contributed by atoms with Crippen molar-refractivity contribution in [3.05, 3.63) is 48.2 Å². The molecule has 94 valence electrons. The van der Waals surface area contributed by atoms with Crippen LogP contribution >= 0.6 is 11.8 Å². The van der Waals surface area contributed by atoms with Crippen molar-refractivity contribution in [2.75, 3.05) is 11.9 Å². The molecule has 0 amide bonds. The number of aromatic nitrogens is 2. The zero-order chi connectivity index (χ0) is 12.6. The lowest BCUT2D eigenvalue weighted by Crippen LogP contribution is -2.02. The second-order valence-corrected chi connectivity index (χ2v) is 4.87. The van der Waals surface area contributed by atoms with Crippen LogP contribution in [0.1, 0.15) is 18.9 Å². The summed E-state index contributed by atoms with van der Waals surface area (Å²) in [7, 11) is 0. The van der Waals surface area contributed by atoms with Crippen molar-refractivity contribution in [1.29, 1.82) is 0 Å². The summed E-state index contributed by atoms with van der Waals surface area (Å²) >= 11 is 1.66. The lowest BCUT2D eigenvalue weighted by atomic mass is 10.2. The van der Waals surface area contributed by atoms with Crippen LogP contribution in [0.25, 0.3) is 0 Å². The van der Waals surface area contributed by atoms with Crippen LogP contribution in [-0.2, 0) is 5.75 Å². The number of benzene rings is 1. The van der Waals surface area contributed by atoms with Crippen LogP contribution in [0.4, 0.5) is 5.82 Å². The van der Waals surface area contributed by atoms with Gasteiger partial charge in [-0.3, -0.25) is 0 Å². The van der Waals surface area contributed by atoms with Gasteiger partial charge in [0.25, 0.3) is 0 Å². The van der Waals surface area contributed by atoms with E-state index in [4.69, 9.17) is 0 Å². The molecule has 4 heteroatoms. The highest BCUT2D eigenvalue weighted by molar-refractivity contribution is 7.98. The minimum atomic E-state index is 0.819. The number of hydrogen-bond acceptors (Lipinski definition) is 4. The second kappa shape index (κ2) is 7.01. The highest BCUT2D eigenvalue weighted by atomic mass is 32.2. The Morgan fingerprint density at radius 3 is 2.78 bits per heavy atom. The SMILES string of the molecule is CCCNc1ccnc(SCc2ccccc2)n1. The molecule has 0 saturated carbocycles. The van der Waals surface area contributed by atoms with Crippen LogP contribution < -0.4 is 5.32 Å². The first-order chi connectivity index (χ1) is 8.88. The van der Waals surface area contributed by atoms with Gasteiger partial charge in [-0.05, 0) is 18.1 Å². The average molecular weight is 259 g/mol. The lowest BCUT2D eigenvalue weighted by molar-refractivity contribution is 0.925. The summed E-state index contributed by atoms with van der Waals surface area (Å²) in [5.74, 6) is 1.81. The third kappa shape index (κ3) is 4.04. The monoisotopic (exact) mass is 259 g/mol. The fourth-order valence-corrected chi connectivity index (χ4v) is 2.27. The molecule has 0 radical (unpaired) electrons. The van der Waals surface area contributed by atoms with Crippen molar-refractivity contribution in [1.82, 2.24) is 9.97 Å². The van der Waals surface area contributed by atoms with Crippen molar-refractivity contribution in [3.63, 3.8) is 0 Å². The maximum Gasteiger partial charge on any atom is 0.189 e. The minimum Gasteiger partial charge on any atom is -0.370 e. The maximum absolute atomic E-state index is 4.47. The smallest absolute Gasteiger partial charge is 0.189 e. The van der Waals surface area contributed by atoms with Crippen molar-refractivity contribution in [2.45, 2.75) is 24.3 Å². The molecule has 0 unspecified atom stereocenters. The molecule has 0 aliphatic heterocycles. The molecule has 2 rings (SSSR count). The van der Waals surface area contributed by atoms with Crippen LogP contribution in [0.2, 0.25) is 0 Å². The number of nitrogens with zero attached hydrogens (tertiary/aromatic N) is 2. The van der Waals surface area contributed by atoms with Crippen molar-refractivity contribution in [2.24, 2.45) is 0 Å². The molecule has 0 aliphatic carbocycles. The molecule has 0 fully saturated rings. The first-order valence-corrected chi connectivity index (χ1v) is 7.10. The van der Waals surface area contributed by atoms with E-state index in [1.54, 1.807) is 18.0 Å². The van der Waals surface area contributed by atoms with Gasteiger partial charge in [0.15, 0.2) is 5.16 Å². The standard InChI is InChI=1S/C14H17N3S/c1-2-9-15-13-8-10-16-14(17-13)18-11-12-6-4-3-5-7-12/h3-8,10H,2,9,11H2,1H3,(H,15,16,17). The molecule has 0 saturated heterocycles. The number of hydrogen-bond donors (Lipinski definition) is 1. The van der Waals surface area contributed by atoms with Crippen LogP contribution in [0, 0.1) is 0 Å². The Morgan fingerprint density at radius 2 is 2.00 bits per heavy atom. The molecule has 0 atom stereocenters. The normalized spacial score (nSPS) is 10.3. The first kappa shape index (κ1) is 12.9. The predicted molar refractivity (Wildman–Crippen MR) is 76.8 cm³/mol. The van der Waals surface area contributed by atoms with E-state index >= 15 is 0 Å². The summed E-state index contributed by atoms with van der Waals surface area (Å²) in [5.41, 5.74) is 1.29. The molecule has 2 aromatic rings. The highest BCUT2D eigenvalue weighted by Gasteiger charge is 2.00. The Hall–Kier alpha value is -1.55. The molecule has 1 heterocycles. The number of thioether (sulfide) groups is 1. The Bertz CT molecular complexity index is 473. The van der Waals surface area contributed by atoms with E-state index in [1.165, 1.54) is 5.56 Å². The van der Waals surface area contributed by atoms with Crippen molar-refractivity contribution >= 4 is 17.6 Å². The second-order valence-electron chi connectivity index (χ2n) is 3.93. The van der Waals surface area contributed by atoms with Gasteiger partial charge in [0.2, 0.25) is 0 Å². The third-order valence-electron chi connectivity index (χ3n) is 2.40. The Balaban J connectivity index is 1.93. The molecule has 18 heavy (non-hydrogen) atoms. The van der Waals surface area contributed by atoms with Gasteiger partial charge in [-0.25, -0.2) is 9.97 Å². The fraction of sp³-hybridized carbons (Fsp3) is 0.286. The van der Waals surface area contributed by atoms with Crippen LogP contribution in [0.3, 0.4) is 0 Å². The predicted octanol–water partition coefficient (Wildman–Crippen LogP) is 3.59. The van der Waals surface area contributed by atoms with Crippen molar-refractivity contribution in [3.8, 4) is 0 Å². The molecular weight excluding hydrogens is 242 g/mol. The number of anilines is 1. The Morgan fingerprint density at radius 1 is 1.17 bits per heavy atom. The lowest BCUT2D eigenvalue weighted by Gasteiger charge is -2.05. The molecular formula is C14H17N3S. The van der Waals surface area contributed by atoms with Gasteiger partial charge in [-0.15, -0.1) is 0 Å². The van der Waals surface area contributed by atoms with Crippen LogP contribution in [0.5, 0.6) is 0 Å². The topological polar surface area (TPSA) is 37.8 Å². The first-order valence-electron chi connectivity index (χ1n) is 6.12. The van der Waals surface area contributed by atoms with Gasteiger partial charge in [-0.1, -0.05) is 49.0 Å².